The summed E-state index contributed by atoms with van der Waals surface area (Å²) in [4.78, 5) is 30.0. The highest BCUT2D eigenvalue weighted by Crippen LogP contribution is 2.23. The van der Waals surface area contributed by atoms with E-state index in [4.69, 9.17) is 0 Å². The summed E-state index contributed by atoms with van der Waals surface area (Å²) in [7, 11) is 0. The zero-order valence-corrected chi connectivity index (χ0v) is 18.3. The van der Waals surface area contributed by atoms with Gasteiger partial charge in [0.15, 0.2) is 0 Å². The van der Waals surface area contributed by atoms with Crippen molar-refractivity contribution in [2.75, 3.05) is 32.7 Å². The van der Waals surface area contributed by atoms with Gasteiger partial charge < -0.3 is 14.4 Å². The Balaban J connectivity index is 1.62. The van der Waals surface area contributed by atoms with Gasteiger partial charge in [-0.25, -0.2) is 9.07 Å². The lowest BCUT2D eigenvalue weighted by atomic mass is 10.2. The summed E-state index contributed by atoms with van der Waals surface area (Å²) >= 11 is 0. The summed E-state index contributed by atoms with van der Waals surface area (Å²) in [5, 5.41) is 5.54. The minimum Gasteiger partial charge on any atom is -0.343 e. The van der Waals surface area contributed by atoms with E-state index in [9.17, 15) is 14.0 Å². The smallest absolute Gasteiger partial charge is 0.276 e. The highest BCUT2D eigenvalue weighted by molar-refractivity contribution is 5.87. The lowest BCUT2D eigenvalue weighted by Crippen LogP contribution is -2.49. The van der Waals surface area contributed by atoms with Gasteiger partial charge in [0.25, 0.3) is 5.56 Å². The fourth-order valence-corrected chi connectivity index (χ4v) is 4.33. The number of hydrogen-bond donors (Lipinski definition) is 0. The summed E-state index contributed by atoms with van der Waals surface area (Å²) in [5.74, 6) is -0.367. The second-order valence-corrected chi connectivity index (χ2v) is 8.06. The number of benzene rings is 1. The molecule has 1 aliphatic rings. The highest BCUT2D eigenvalue weighted by atomic mass is 19.1. The van der Waals surface area contributed by atoms with Crippen molar-refractivity contribution in [3.8, 4) is 0 Å². The molecular formula is C23H28FN5O2. The number of rotatable bonds is 5. The van der Waals surface area contributed by atoms with E-state index in [0.717, 1.165) is 36.4 Å². The number of likely N-dealkylation sites (N-methyl/N-ethyl adjacent to an activating group) is 1. The average molecular weight is 426 g/mol. The Morgan fingerprint density at radius 2 is 1.81 bits per heavy atom. The molecule has 31 heavy (non-hydrogen) atoms. The Kier molecular flexibility index (Phi) is 5.91. The normalized spacial score (nSPS) is 15.0. The van der Waals surface area contributed by atoms with E-state index in [-0.39, 0.29) is 23.8 Å². The Bertz CT molecular complexity index is 1170. The summed E-state index contributed by atoms with van der Waals surface area (Å²) < 4.78 is 17.3. The molecule has 1 amide bonds. The van der Waals surface area contributed by atoms with Crippen LogP contribution in [-0.4, -0.2) is 62.8 Å². The maximum atomic E-state index is 14.2. The summed E-state index contributed by atoms with van der Waals surface area (Å²) in [6.07, 6.45) is 1.64. The van der Waals surface area contributed by atoms with Gasteiger partial charge in [-0.15, -0.1) is 0 Å². The average Bonchev–Trinajstić information content (AvgIpc) is 3.02. The van der Waals surface area contributed by atoms with Crippen molar-refractivity contribution < 1.29 is 9.18 Å². The van der Waals surface area contributed by atoms with Crippen LogP contribution in [0.1, 0.15) is 23.9 Å². The number of fused-ring (bicyclic) bond motifs is 1. The number of aromatic nitrogens is 3. The molecule has 4 rings (SSSR count). The van der Waals surface area contributed by atoms with Crippen LogP contribution in [0.25, 0.3) is 10.8 Å². The molecule has 0 bridgehead atoms. The first-order valence-electron chi connectivity index (χ1n) is 10.7. The molecule has 3 heterocycles. The molecule has 0 spiro atoms. The SMILES string of the molecule is CCN1CCN(C(=O)Cn2ncc3c(C)n(Cc4ccccc4F)c(C)c3c2=O)CC1. The topological polar surface area (TPSA) is 63.4 Å². The Morgan fingerprint density at radius 1 is 1.10 bits per heavy atom. The van der Waals surface area contributed by atoms with Crippen LogP contribution < -0.4 is 5.56 Å². The van der Waals surface area contributed by atoms with Gasteiger partial charge in [-0.05, 0) is 26.5 Å². The van der Waals surface area contributed by atoms with Gasteiger partial charge in [0.05, 0.1) is 18.1 Å². The molecule has 1 aromatic carbocycles. The van der Waals surface area contributed by atoms with E-state index in [1.807, 2.05) is 18.4 Å². The molecular weight excluding hydrogens is 397 g/mol. The number of carbonyl (C=O) groups is 1. The third-order valence-electron chi connectivity index (χ3n) is 6.35. The molecule has 1 aliphatic heterocycles. The molecule has 3 aromatic rings. The van der Waals surface area contributed by atoms with Crippen molar-refractivity contribution in [2.45, 2.75) is 33.9 Å². The van der Waals surface area contributed by atoms with Crippen molar-refractivity contribution in [1.29, 1.82) is 0 Å². The van der Waals surface area contributed by atoms with Gasteiger partial charge in [0.1, 0.15) is 12.4 Å². The minimum absolute atomic E-state index is 0.0715. The van der Waals surface area contributed by atoms with Gasteiger partial charge in [-0.2, -0.15) is 5.10 Å². The number of amides is 1. The second kappa shape index (κ2) is 8.63. The van der Waals surface area contributed by atoms with E-state index >= 15 is 0 Å². The molecule has 2 aromatic heterocycles. The number of hydrogen-bond acceptors (Lipinski definition) is 4. The van der Waals surface area contributed by atoms with Crippen LogP contribution in [0.2, 0.25) is 0 Å². The van der Waals surface area contributed by atoms with Crippen LogP contribution in [0.3, 0.4) is 0 Å². The van der Waals surface area contributed by atoms with Gasteiger partial charge >= 0.3 is 0 Å². The Hall–Kier alpha value is -3.00. The molecule has 1 fully saturated rings. The number of aryl methyl sites for hydroxylation is 2. The van der Waals surface area contributed by atoms with Crippen molar-refractivity contribution >= 4 is 16.7 Å². The molecule has 0 atom stereocenters. The molecule has 164 valence electrons. The van der Waals surface area contributed by atoms with Crippen LogP contribution in [-0.2, 0) is 17.9 Å². The van der Waals surface area contributed by atoms with Gasteiger partial charge in [-0.3, -0.25) is 9.59 Å². The predicted molar refractivity (Wildman–Crippen MR) is 118 cm³/mol. The first-order valence-corrected chi connectivity index (χ1v) is 10.7. The predicted octanol–water partition coefficient (Wildman–Crippen LogP) is 2.17. The van der Waals surface area contributed by atoms with E-state index < -0.39 is 0 Å². The fourth-order valence-electron chi connectivity index (χ4n) is 4.33. The van der Waals surface area contributed by atoms with E-state index in [2.05, 4.69) is 16.9 Å². The first kappa shape index (κ1) is 21.2. The molecule has 0 radical (unpaired) electrons. The maximum absolute atomic E-state index is 14.2. The second-order valence-electron chi connectivity index (χ2n) is 8.06. The zero-order chi connectivity index (χ0) is 22.1. The monoisotopic (exact) mass is 425 g/mol. The van der Waals surface area contributed by atoms with E-state index in [1.165, 1.54) is 10.7 Å². The zero-order valence-electron chi connectivity index (χ0n) is 18.3. The van der Waals surface area contributed by atoms with Crippen molar-refractivity contribution in [3.05, 3.63) is 63.6 Å². The van der Waals surface area contributed by atoms with Crippen molar-refractivity contribution in [3.63, 3.8) is 0 Å². The lowest BCUT2D eigenvalue weighted by molar-refractivity contribution is -0.133. The van der Waals surface area contributed by atoms with Crippen LogP contribution in [0.15, 0.2) is 35.3 Å². The quantitative estimate of drug-likeness (QED) is 0.629. The van der Waals surface area contributed by atoms with Crippen LogP contribution in [0, 0.1) is 19.7 Å². The van der Waals surface area contributed by atoms with Gasteiger partial charge in [0.2, 0.25) is 5.91 Å². The van der Waals surface area contributed by atoms with Gasteiger partial charge in [0, 0.05) is 48.5 Å². The molecule has 1 saturated heterocycles. The van der Waals surface area contributed by atoms with Crippen LogP contribution in [0.4, 0.5) is 4.39 Å². The van der Waals surface area contributed by atoms with Crippen LogP contribution >= 0.6 is 0 Å². The standard InChI is InChI=1S/C23H28FN5O2/c1-4-26-9-11-27(12-10-26)21(30)15-29-23(31)22-17(3)28(16(2)19(22)13-25-29)14-18-7-5-6-8-20(18)24/h5-8,13H,4,9-12,14-15H2,1-3H3. The molecule has 0 unspecified atom stereocenters. The van der Waals surface area contributed by atoms with Crippen molar-refractivity contribution in [1.82, 2.24) is 24.1 Å². The number of carbonyl (C=O) groups excluding carboxylic acids is 1. The number of nitrogens with zero attached hydrogens (tertiary/aromatic N) is 5. The number of halogens is 1. The highest BCUT2D eigenvalue weighted by Gasteiger charge is 2.22. The largest absolute Gasteiger partial charge is 0.343 e. The molecule has 0 saturated carbocycles. The third kappa shape index (κ3) is 3.99. The fraction of sp³-hybridized carbons (Fsp3) is 0.435. The summed E-state index contributed by atoms with van der Waals surface area (Å²) in [6, 6.07) is 6.63. The Morgan fingerprint density at radius 3 is 2.48 bits per heavy atom. The number of piperazine rings is 1. The van der Waals surface area contributed by atoms with E-state index in [0.29, 0.717) is 30.6 Å². The lowest BCUT2D eigenvalue weighted by Gasteiger charge is -2.34. The van der Waals surface area contributed by atoms with Gasteiger partial charge in [-0.1, -0.05) is 25.1 Å². The first-order chi connectivity index (χ1) is 14.9. The van der Waals surface area contributed by atoms with Crippen molar-refractivity contribution in [2.24, 2.45) is 0 Å². The minimum atomic E-state index is -0.286. The van der Waals surface area contributed by atoms with E-state index in [1.54, 1.807) is 29.3 Å². The maximum Gasteiger partial charge on any atom is 0.276 e. The molecule has 7 nitrogen and oxygen atoms in total. The third-order valence-corrected chi connectivity index (χ3v) is 6.35. The molecule has 8 heteroatoms. The molecule has 0 aliphatic carbocycles. The van der Waals surface area contributed by atoms with Crippen LogP contribution in [0.5, 0.6) is 0 Å². The Labute approximate surface area is 180 Å². The summed E-state index contributed by atoms with van der Waals surface area (Å²) in [6.45, 7) is 10.1. The summed E-state index contributed by atoms with van der Waals surface area (Å²) in [5.41, 5.74) is 1.88. The molecule has 0 N–H and O–H groups in total.